The summed E-state index contributed by atoms with van der Waals surface area (Å²) >= 11 is 0. The number of benzene rings is 1. The molecule has 1 unspecified atom stereocenters. The fourth-order valence-corrected chi connectivity index (χ4v) is 3.13. The molecule has 0 saturated carbocycles. The molecule has 0 spiro atoms. The van der Waals surface area contributed by atoms with E-state index in [1.165, 1.54) is 7.05 Å². The third-order valence-corrected chi connectivity index (χ3v) is 4.67. The summed E-state index contributed by atoms with van der Waals surface area (Å²) in [6.45, 7) is 4.29. The minimum atomic E-state index is -1.23. The van der Waals surface area contributed by atoms with Crippen LogP contribution in [-0.2, 0) is 15.1 Å². The highest BCUT2D eigenvalue weighted by Crippen LogP contribution is 2.31. The highest BCUT2D eigenvalue weighted by atomic mass is 16.2. The summed E-state index contributed by atoms with van der Waals surface area (Å²) in [5, 5.41) is 2.79. The molecule has 2 aliphatic rings. The molecule has 2 aliphatic heterocycles. The van der Waals surface area contributed by atoms with Crippen molar-refractivity contribution in [3.63, 3.8) is 0 Å². The van der Waals surface area contributed by atoms with E-state index in [9.17, 15) is 14.4 Å². The molecule has 1 saturated heterocycles. The average molecular weight is 313 g/mol. The van der Waals surface area contributed by atoms with Gasteiger partial charge in [-0.25, -0.2) is 4.79 Å². The van der Waals surface area contributed by atoms with Crippen LogP contribution in [0.5, 0.6) is 0 Å². The summed E-state index contributed by atoms with van der Waals surface area (Å²) in [6.07, 6.45) is 0. The lowest BCUT2D eigenvalue weighted by Gasteiger charge is -2.32. The lowest BCUT2D eigenvalue weighted by molar-refractivity contribution is -0.133. The zero-order chi connectivity index (χ0) is 16.8. The molecule has 0 radical (unpaired) electrons. The first-order valence-electron chi connectivity index (χ1n) is 7.48. The van der Waals surface area contributed by atoms with Gasteiger partial charge < -0.3 is 10.2 Å². The lowest BCUT2D eigenvalue weighted by atomic mass is 9.89. The first kappa shape index (κ1) is 15.3. The molecular formula is C17H19N3O3. The Morgan fingerprint density at radius 1 is 1.13 bits per heavy atom. The quantitative estimate of drug-likeness (QED) is 0.854. The molecule has 6 nitrogen and oxygen atoms in total. The number of rotatable bonds is 3. The second kappa shape index (κ2) is 5.22. The van der Waals surface area contributed by atoms with Crippen molar-refractivity contribution in [1.82, 2.24) is 15.1 Å². The van der Waals surface area contributed by atoms with Gasteiger partial charge >= 0.3 is 6.03 Å². The third kappa shape index (κ3) is 2.21. The second-order valence-corrected chi connectivity index (χ2v) is 6.13. The first-order chi connectivity index (χ1) is 10.9. The van der Waals surface area contributed by atoms with Crippen LogP contribution in [0.25, 0.3) is 0 Å². The van der Waals surface area contributed by atoms with Crippen LogP contribution in [0.4, 0.5) is 4.79 Å². The van der Waals surface area contributed by atoms with Gasteiger partial charge in [-0.15, -0.1) is 0 Å². The van der Waals surface area contributed by atoms with Crippen molar-refractivity contribution in [3.8, 4) is 0 Å². The van der Waals surface area contributed by atoms with Crippen molar-refractivity contribution in [2.45, 2.75) is 19.4 Å². The van der Waals surface area contributed by atoms with Crippen molar-refractivity contribution < 1.29 is 14.4 Å². The van der Waals surface area contributed by atoms with Crippen LogP contribution in [0.15, 0.2) is 41.5 Å². The number of imide groups is 1. The van der Waals surface area contributed by atoms with Gasteiger partial charge in [-0.3, -0.25) is 14.5 Å². The van der Waals surface area contributed by atoms with Crippen LogP contribution in [0.1, 0.15) is 19.4 Å². The molecule has 4 amide bonds. The predicted octanol–water partition coefficient (Wildman–Crippen LogP) is 1.24. The maximum Gasteiger partial charge on any atom is 0.325 e. The lowest BCUT2D eigenvalue weighted by Crippen LogP contribution is -2.53. The van der Waals surface area contributed by atoms with Crippen LogP contribution in [0.3, 0.4) is 0 Å². The van der Waals surface area contributed by atoms with Gasteiger partial charge in [0, 0.05) is 19.2 Å². The fourth-order valence-electron chi connectivity index (χ4n) is 3.13. The van der Waals surface area contributed by atoms with E-state index in [0.717, 1.165) is 10.5 Å². The van der Waals surface area contributed by atoms with Crippen LogP contribution in [0.2, 0.25) is 0 Å². The van der Waals surface area contributed by atoms with E-state index in [1.807, 2.05) is 25.1 Å². The van der Waals surface area contributed by atoms with Crippen LogP contribution >= 0.6 is 0 Å². The summed E-state index contributed by atoms with van der Waals surface area (Å²) in [5.41, 5.74) is 1.15. The van der Waals surface area contributed by atoms with Crippen molar-refractivity contribution >= 4 is 17.8 Å². The monoisotopic (exact) mass is 313 g/mol. The summed E-state index contributed by atoms with van der Waals surface area (Å²) in [7, 11) is 1.45. The van der Waals surface area contributed by atoms with E-state index >= 15 is 0 Å². The molecule has 1 atom stereocenters. The Morgan fingerprint density at radius 2 is 1.78 bits per heavy atom. The largest absolute Gasteiger partial charge is 0.332 e. The minimum absolute atomic E-state index is 0.0885. The Kier molecular flexibility index (Phi) is 3.47. The molecule has 120 valence electrons. The standard InChI is InChI=1S/C17H19N3O3/c1-11-9-20(14(21)12(11)2)10-17(13-7-5-4-6-8-13)15(22)19(3)16(23)18-17/h4-8H,9-10H2,1-3H3,(H,18,23). The zero-order valence-corrected chi connectivity index (χ0v) is 13.4. The predicted molar refractivity (Wildman–Crippen MR) is 84.4 cm³/mol. The second-order valence-electron chi connectivity index (χ2n) is 6.13. The maximum atomic E-state index is 12.8. The Balaban J connectivity index is 2.00. The van der Waals surface area contributed by atoms with Gasteiger partial charge in [-0.1, -0.05) is 30.3 Å². The van der Waals surface area contributed by atoms with Gasteiger partial charge in [0.15, 0.2) is 5.54 Å². The van der Waals surface area contributed by atoms with Gasteiger partial charge in [0.2, 0.25) is 5.91 Å². The number of hydrogen-bond acceptors (Lipinski definition) is 3. The number of carbonyl (C=O) groups is 3. The number of nitrogens with one attached hydrogen (secondary N) is 1. The molecule has 1 aromatic rings. The zero-order valence-electron chi connectivity index (χ0n) is 13.4. The summed E-state index contributed by atoms with van der Waals surface area (Å²) < 4.78 is 0. The summed E-state index contributed by atoms with van der Waals surface area (Å²) in [6, 6.07) is 8.62. The molecular weight excluding hydrogens is 294 g/mol. The van der Waals surface area contributed by atoms with Gasteiger partial charge in [-0.05, 0) is 25.0 Å². The highest BCUT2D eigenvalue weighted by molar-refractivity contribution is 6.08. The van der Waals surface area contributed by atoms with Gasteiger partial charge in [0.05, 0.1) is 6.54 Å². The average Bonchev–Trinajstić information content (AvgIpc) is 2.92. The Hall–Kier alpha value is -2.63. The molecule has 0 aliphatic carbocycles. The Bertz CT molecular complexity index is 726. The normalized spacial score (nSPS) is 24.7. The van der Waals surface area contributed by atoms with E-state index in [1.54, 1.807) is 24.0 Å². The Labute approximate surface area is 134 Å². The molecule has 0 aromatic heterocycles. The van der Waals surface area contributed by atoms with E-state index in [-0.39, 0.29) is 18.4 Å². The van der Waals surface area contributed by atoms with E-state index in [2.05, 4.69) is 5.32 Å². The van der Waals surface area contributed by atoms with Crippen molar-refractivity contribution in [1.29, 1.82) is 0 Å². The van der Waals surface area contributed by atoms with Gasteiger partial charge in [0.1, 0.15) is 0 Å². The number of hydrogen-bond donors (Lipinski definition) is 1. The molecule has 1 fully saturated rings. The SMILES string of the molecule is CC1=C(C)C(=O)N(CC2(c3ccccc3)NC(=O)N(C)C2=O)C1. The molecule has 3 rings (SSSR count). The summed E-state index contributed by atoms with van der Waals surface area (Å²) in [5.74, 6) is -0.432. The van der Waals surface area contributed by atoms with Crippen LogP contribution in [0, 0.1) is 0 Å². The topological polar surface area (TPSA) is 69.7 Å². The smallest absolute Gasteiger partial charge is 0.325 e. The number of amides is 4. The van der Waals surface area contributed by atoms with Gasteiger partial charge in [-0.2, -0.15) is 0 Å². The number of urea groups is 1. The molecule has 1 aromatic carbocycles. The van der Waals surface area contributed by atoms with Crippen LogP contribution < -0.4 is 5.32 Å². The minimum Gasteiger partial charge on any atom is -0.332 e. The third-order valence-electron chi connectivity index (χ3n) is 4.67. The molecule has 1 N–H and O–H groups in total. The van der Waals surface area contributed by atoms with Crippen LogP contribution in [-0.4, -0.2) is 47.8 Å². The Morgan fingerprint density at radius 3 is 2.26 bits per heavy atom. The van der Waals surface area contributed by atoms with Crippen molar-refractivity contribution in [3.05, 3.63) is 47.0 Å². The van der Waals surface area contributed by atoms with Crippen molar-refractivity contribution in [2.75, 3.05) is 20.1 Å². The summed E-state index contributed by atoms with van der Waals surface area (Å²) in [4.78, 5) is 39.9. The van der Waals surface area contributed by atoms with E-state index in [4.69, 9.17) is 0 Å². The molecule has 2 heterocycles. The number of likely N-dealkylation sites (N-methyl/N-ethyl adjacent to an activating group) is 1. The molecule has 23 heavy (non-hydrogen) atoms. The van der Waals surface area contributed by atoms with E-state index in [0.29, 0.717) is 17.7 Å². The maximum absolute atomic E-state index is 12.8. The number of nitrogens with zero attached hydrogens (tertiary/aromatic N) is 2. The fraction of sp³-hybridized carbons (Fsp3) is 0.353. The number of carbonyl (C=O) groups excluding carboxylic acids is 3. The van der Waals surface area contributed by atoms with Crippen molar-refractivity contribution in [2.24, 2.45) is 0 Å². The first-order valence-corrected chi connectivity index (χ1v) is 7.48. The van der Waals surface area contributed by atoms with E-state index < -0.39 is 11.6 Å². The van der Waals surface area contributed by atoms with Gasteiger partial charge in [0.25, 0.3) is 5.91 Å². The molecule has 6 heteroatoms. The highest BCUT2D eigenvalue weighted by Gasteiger charge is 2.53. The molecule has 0 bridgehead atoms.